The van der Waals surface area contributed by atoms with E-state index < -0.39 is 31.1 Å². The summed E-state index contributed by atoms with van der Waals surface area (Å²) in [7, 11) is 1.42. The monoisotopic (exact) mass is 560 g/mol. The van der Waals surface area contributed by atoms with E-state index in [1.54, 1.807) is 24.3 Å². The van der Waals surface area contributed by atoms with Crippen molar-refractivity contribution in [3.63, 3.8) is 0 Å². The van der Waals surface area contributed by atoms with Crippen LogP contribution in [-0.4, -0.2) is 90.7 Å². The molecule has 3 aromatic rings. The third kappa shape index (κ3) is 6.47. The Morgan fingerprint density at radius 1 is 1.23 bits per heavy atom. The highest BCUT2D eigenvalue weighted by Crippen LogP contribution is 2.36. The molecule has 0 radical (unpaired) electrons. The van der Waals surface area contributed by atoms with E-state index in [1.165, 1.54) is 29.8 Å². The predicted octanol–water partition coefficient (Wildman–Crippen LogP) is 1.42. The molecule has 1 aromatic carbocycles. The molecule has 0 bridgehead atoms. The summed E-state index contributed by atoms with van der Waals surface area (Å²) in [6.07, 6.45) is -2.96. The number of fused-ring (bicyclic) bond motifs is 1. The molecule has 39 heavy (non-hydrogen) atoms. The number of oxime groups is 1. The van der Waals surface area contributed by atoms with Gasteiger partial charge < -0.3 is 35.4 Å². The molecular formula is C25H32N6O7S. The average molecular weight is 561 g/mol. The number of ether oxygens (including phenoxy) is 2. The Morgan fingerprint density at radius 3 is 2.62 bits per heavy atom. The first-order chi connectivity index (χ1) is 18.7. The maximum atomic E-state index is 12.3. The van der Waals surface area contributed by atoms with Crippen LogP contribution in [0.2, 0.25) is 0 Å². The number of anilines is 1. The topological polar surface area (TPSA) is 187 Å². The average Bonchev–Trinajstić information content (AvgIpc) is 3.42. The van der Waals surface area contributed by atoms with Crippen LogP contribution in [0.25, 0.3) is 11.2 Å². The Kier molecular flexibility index (Phi) is 9.35. The minimum atomic E-state index is -1.35. The summed E-state index contributed by atoms with van der Waals surface area (Å²) in [5.41, 5.74) is 7.76. The lowest BCUT2D eigenvalue weighted by Gasteiger charge is -2.19. The van der Waals surface area contributed by atoms with Crippen molar-refractivity contribution < 1.29 is 34.4 Å². The van der Waals surface area contributed by atoms with E-state index >= 15 is 0 Å². The van der Waals surface area contributed by atoms with Gasteiger partial charge >= 0.3 is 0 Å². The van der Waals surface area contributed by atoms with Crippen molar-refractivity contribution in [2.45, 2.75) is 50.0 Å². The van der Waals surface area contributed by atoms with Gasteiger partial charge in [-0.15, -0.1) is 0 Å². The SMILES string of the molecule is CON=C(COc1ccc(C(=O)CC(C)C)cc1)CSc1nc2c(N)ncnc2n1[C@@H]1O[C@H](CO)[C@@H](O)[C@H]1O. The van der Waals surface area contributed by atoms with Crippen LogP contribution in [-0.2, 0) is 9.57 Å². The van der Waals surface area contributed by atoms with Gasteiger partial charge in [0.05, 0.1) is 6.61 Å². The zero-order valence-electron chi connectivity index (χ0n) is 21.8. The maximum absolute atomic E-state index is 12.3. The third-order valence-corrected chi connectivity index (χ3v) is 7.03. The quantitative estimate of drug-likeness (QED) is 0.108. The number of nitrogens with two attached hydrogens (primary N) is 1. The number of hydrogen-bond acceptors (Lipinski definition) is 13. The zero-order chi connectivity index (χ0) is 28.1. The van der Waals surface area contributed by atoms with Gasteiger partial charge in [0.2, 0.25) is 0 Å². The molecule has 14 heteroatoms. The summed E-state index contributed by atoms with van der Waals surface area (Å²) in [5, 5.41) is 34.9. The number of nitrogen functional groups attached to an aromatic ring is 1. The second-order valence-electron chi connectivity index (χ2n) is 9.39. The van der Waals surface area contributed by atoms with Gasteiger partial charge in [-0.1, -0.05) is 30.8 Å². The second-order valence-corrected chi connectivity index (χ2v) is 10.3. The summed E-state index contributed by atoms with van der Waals surface area (Å²) < 4.78 is 13.1. The van der Waals surface area contributed by atoms with Crippen LogP contribution >= 0.6 is 11.8 Å². The van der Waals surface area contributed by atoms with Crippen molar-refractivity contribution in [2.75, 3.05) is 31.8 Å². The molecule has 4 rings (SSSR count). The lowest BCUT2D eigenvalue weighted by molar-refractivity contribution is -0.0548. The van der Waals surface area contributed by atoms with Crippen LogP contribution in [0.3, 0.4) is 0 Å². The number of aliphatic hydroxyl groups excluding tert-OH is 3. The number of rotatable bonds is 12. The molecule has 4 atom stereocenters. The van der Waals surface area contributed by atoms with E-state index in [9.17, 15) is 20.1 Å². The number of aliphatic hydroxyl groups is 3. The van der Waals surface area contributed by atoms with Gasteiger partial charge in [-0.05, 0) is 30.2 Å². The minimum Gasteiger partial charge on any atom is -0.487 e. The molecule has 1 aliphatic heterocycles. The van der Waals surface area contributed by atoms with Crippen LogP contribution in [0.4, 0.5) is 5.82 Å². The Labute approximate surface area is 229 Å². The number of Topliss-reactive ketones (excluding diaryl/α,β-unsaturated/α-hetero) is 1. The molecule has 13 nitrogen and oxygen atoms in total. The maximum Gasteiger partial charge on any atom is 0.173 e. The fourth-order valence-corrected chi connectivity index (χ4v) is 5.01. The van der Waals surface area contributed by atoms with Crippen LogP contribution in [0.5, 0.6) is 5.75 Å². The van der Waals surface area contributed by atoms with Crippen molar-refractivity contribution in [3.05, 3.63) is 36.2 Å². The Morgan fingerprint density at radius 2 is 1.97 bits per heavy atom. The lowest BCUT2D eigenvalue weighted by Crippen LogP contribution is -2.33. The molecule has 0 saturated carbocycles. The van der Waals surface area contributed by atoms with E-state index in [4.69, 9.17) is 20.0 Å². The van der Waals surface area contributed by atoms with Crippen molar-refractivity contribution in [2.24, 2.45) is 11.1 Å². The summed E-state index contributed by atoms with van der Waals surface area (Å²) in [5.74, 6) is 1.32. The van der Waals surface area contributed by atoms with Crippen LogP contribution < -0.4 is 10.5 Å². The highest BCUT2D eigenvalue weighted by Gasteiger charge is 2.45. The van der Waals surface area contributed by atoms with Gasteiger partial charge in [-0.2, -0.15) is 0 Å². The Bertz CT molecular complexity index is 1320. The van der Waals surface area contributed by atoms with Crippen molar-refractivity contribution in [3.8, 4) is 5.75 Å². The molecule has 1 saturated heterocycles. The first-order valence-electron chi connectivity index (χ1n) is 12.3. The molecule has 0 aliphatic carbocycles. The normalized spacial score (nSPS) is 21.6. The van der Waals surface area contributed by atoms with Crippen LogP contribution in [0, 0.1) is 5.92 Å². The number of thioether (sulfide) groups is 1. The van der Waals surface area contributed by atoms with Gasteiger partial charge in [-0.3, -0.25) is 9.36 Å². The molecule has 3 heterocycles. The Balaban J connectivity index is 1.49. The molecular weight excluding hydrogens is 528 g/mol. The molecule has 0 spiro atoms. The molecule has 2 aromatic heterocycles. The van der Waals surface area contributed by atoms with Crippen molar-refractivity contribution >= 4 is 40.2 Å². The lowest BCUT2D eigenvalue weighted by atomic mass is 10.0. The van der Waals surface area contributed by atoms with E-state index in [1.807, 2.05) is 13.8 Å². The van der Waals surface area contributed by atoms with Gasteiger partial charge in [0.25, 0.3) is 0 Å². The molecule has 5 N–H and O–H groups in total. The minimum absolute atomic E-state index is 0.0805. The number of carbonyl (C=O) groups excluding carboxylic acids is 1. The number of carbonyl (C=O) groups is 1. The first-order valence-corrected chi connectivity index (χ1v) is 13.3. The summed E-state index contributed by atoms with van der Waals surface area (Å²) in [4.78, 5) is 30.0. The highest BCUT2D eigenvalue weighted by molar-refractivity contribution is 7.99. The van der Waals surface area contributed by atoms with Crippen LogP contribution in [0.15, 0.2) is 40.9 Å². The molecule has 0 amide bonds. The number of nitrogens with zero attached hydrogens (tertiary/aromatic N) is 5. The number of aromatic nitrogens is 4. The first kappa shape index (κ1) is 28.7. The van der Waals surface area contributed by atoms with E-state index in [0.717, 1.165) is 0 Å². The van der Waals surface area contributed by atoms with E-state index in [0.29, 0.717) is 39.8 Å². The van der Waals surface area contributed by atoms with Crippen LogP contribution in [0.1, 0.15) is 36.9 Å². The zero-order valence-corrected chi connectivity index (χ0v) is 22.6. The third-order valence-electron chi connectivity index (χ3n) is 6.01. The van der Waals surface area contributed by atoms with E-state index in [2.05, 4.69) is 20.1 Å². The predicted molar refractivity (Wildman–Crippen MR) is 144 cm³/mol. The summed E-state index contributed by atoms with van der Waals surface area (Å²) >= 11 is 1.23. The molecule has 0 unspecified atom stereocenters. The van der Waals surface area contributed by atoms with Gasteiger partial charge in [0.1, 0.15) is 49.8 Å². The highest BCUT2D eigenvalue weighted by atomic mass is 32.2. The summed E-state index contributed by atoms with van der Waals surface area (Å²) in [6, 6.07) is 6.93. The van der Waals surface area contributed by atoms with Crippen molar-refractivity contribution in [1.29, 1.82) is 0 Å². The fraction of sp³-hybridized carbons (Fsp3) is 0.480. The molecule has 210 valence electrons. The number of imidazole rings is 1. The summed E-state index contributed by atoms with van der Waals surface area (Å²) in [6.45, 7) is 3.62. The van der Waals surface area contributed by atoms with Gasteiger partial charge in [0.15, 0.2) is 34.1 Å². The molecule has 1 fully saturated rings. The molecule has 1 aliphatic rings. The second kappa shape index (κ2) is 12.7. The smallest absolute Gasteiger partial charge is 0.173 e. The number of hydrogen-bond donors (Lipinski definition) is 4. The fourth-order valence-electron chi connectivity index (χ4n) is 4.09. The largest absolute Gasteiger partial charge is 0.487 e. The number of benzene rings is 1. The van der Waals surface area contributed by atoms with E-state index in [-0.39, 0.29) is 29.9 Å². The Hall–Kier alpha value is -3.30. The standard InChI is InChI=1S/C25H32N6O7S/c1-13(2)8-17(33)14-4-6-16(7-5-14)37-10-15(30-36-3)11-39-25-29-19-22(26)27-12-28-23(19)31(25)24-21(35)20(34)18(9-32)38-24/h4-7,12-13,18,20-21,24,32,34-35H,8-11H2,1-3H3,(H2,26,27,28)/t18-,20-,21-,24-/m1/s1. The van der Waals surface area contributed by atoms with Gasteiger partial charge in [0, 0.05) is 17.7 Å². The van der Waals surface area contributed by atoms with Crippen molar-refractivity contribution in [1.82, 2.24) is 19.5 Å². The van der Waals surface area contributed by atoms with Gasteiger partial charge in [-0.25, -0.2) is 15.0 Å². The number of ketones is 1.